The van der Waals surface area contributed by atoms with Gasteiger partial charge >= 0.3 is 5.69 Å². The SMILES string of the molecule is Cc1cc(C)c(OCC(O)CCl)c([N+](=O)[O-])c1. The number of alkyl halides is 1. The smallest absolute Gasteiger partial charge is 0.311 e. The maximum absolute atomic E-state index is 10.9. The van der Waals surface area contributed by atoms with E-state index in [-0.39, 0.29) is 23.9 Å². The number of halogens is 1. The zero-order valence-electron chi connectivity index (χ0n) is 9.64. The molecule has 0 aromatic heterocycles. The minimum Gasteiger partial charge on any atom is -0.484 e. The van der Waals surface area contributed by atoms with Crippen molar-refractivity contribution in [3.05, 3.63) is 33.4 Å². The van der Waals surface area contributed by atoms with Crippen molar-refractivity contribution in [2.75, 3.05) is 12.5 Å². The van der Waals surface area contributed by atoms with Gasteiger partial charge in [0.1, 0.15) is 12.7 Å². The second-order valence-corrected chi connectivity index (χ2v) is 4.11. The number of aliphatic hydroxyl groups is 1. The van der Waals surface area contributed by atoms with Crippen molar-refractivity contribution in [2.24, 2.45) is 0 Å². The van der Waals surface area contributed by atoms with E-state index in [4.69, 9.17) is 16.3 Å². The number of nitro groups is 1. The first kappa shape index (κ1) is 13.7. The van der Waals surface area contributed by atoms with Crippen LogP contribution in [0.5, 0.6) is 5.75 Å². The molecule has 0 aliphatic heterocycles. The van der Waals surface area contributed by atoms with Gasteiger partial charge in [-0.15, -0.1) is 11.6 Å². The standard InChI is InChI=1S/C11H14ClNO4/c1-7-3-8(2)11(10(4-7)13(15)16)17-6-9(14)5-12/h3-4,9,14H,5-6H2,1-2H3. The van der Waals surface area contributed by atoms with Crippen LogP contribution in [0, 0.1) is 24.0 Å². The molecule has 94 valence electrons. The molecule has 17 heavy (non-hydrogen) atoms. The van der Waals surface area contributed by atoms with Gasteiger partial charge in [0.05, 0.1) is 10.8 Å². The van der Waals surface area contributed by atoms with Crippen LogP contribution in [0.25, 0.3) is 0 Å². The van der Waals surface area contributed by atoms with E-state index >= 15 is 0 Å². The molecule has 1 atom stereocenters. The first-order chi connectivity index (χ1) is 7.95. The van der Waals surface area contributed by atoms with Crippen LogP contribution in [-0.2, 0) is 0 Å². The van der Waals surface area contributed by atoms with Gasteiger partial charge in [-0.3, -0.25) is 10.1 Å². The molecule has 0 saturated heterocycles. The lowest BCUT2D eigenvalue weighted by Gasteiger charge is -2.12. The summed E-state index contributed by atoms with van der Waals surface area (Å²) in [5.74, 6) is 0.211. The summed E-state index contributed by atoms with van der Waals surface area (Å²) in [5.41, 5.74) is 1.36. The number of aliphatic hydroxyl groups excluding tert-OH is 1. The minimum absolute atomic E-state index is 0.0265. The summed E-state index contributed by atoms with van der Waals surface area (Å²) in [6.07, 6.45) is -0.836. The number of hydrogen-bond acceptors (Lipinski definition) is 4. The lowest BCUT2D eigenvalue weighted by molar-refractivity contribution is -0.386. The summed E-state index contributed by atoms with van der Waals surface area (Å²) < 4.78 is 5.26. The van der Waals surface area contributed by atoms with E-state index in [9.17, 15) is 15.2 Å². The fraction of sp³-hybridized carbons (Fsp3) is 0.455. The summed E-state index contributed by atoms with van der Waals surface area (Å²) in [4.78, 5) is 10.4. The molecule has 0 spiro atoms. The third kappa shape index (κ3) is 3.57. The third-order valence-corrected chi connectivity index (χ3v) is 2.55. The summed E-state index contributed by atoms with van der Waals surface area (Å²) >= 11 is 5.42. The highest BCUT2D eigenvalue weighted by molar-refractivity contribution is 6.18. The first-order valence-corrected chi connectivity index (χ1v) is 5.61. The van der Waals surface area contributed by atoms with Gasteiger partial charge in [-0.05, 0) is 25.0 Å². The van der Waals surface area contributed by atoms with E-state index in [0.717, 1.165) is 5.56 Å². The molecule has 0 radical (unpaired) electrons. The number of nitro benzene ring substituents is 1. The Kier molecular flexibility index (Phi) is 4.72. The molecule has 1 aromatic carbocycles. The van der Waals surface area contributed by atoms with Gasteiger partial charge in [0, 0.05) is 6.07 Å². The molecule has 5 nitrogen and oxygen atoms in total. The zero-order chi connectivity index (χ0) is 13.0. The highest BCUT2D eigenvalue weighted by Crippen LogP contribution is 2.32. The maximum atomic E-state index is 10.9. The second kappa shape index (κ2) is 5.84. The molecule has 0 amide bonds. The van der Waals surface area contributed by atoms with E-state index in [1.165, 1.54) is 6.07 Å². The Morgan fingerprint density at radius 1 is 1.53 bits per heavy atom. The number of hydrogen-bond donors (Lipinski definition) is 1. The first-order valence-electron chi connectivity index (χ1n) is 5.08. The van der Waals surface area contributed by atoms with Crippen molar-refractivity contribution >= 4 is 17.3 Å². The van der Waals surface area contributed by atoms with E-state index in [1.807, 2.05) is 0 Å². The van der Waals surface area contributed by atoms with Gasteiger partial charge in [-0.2, -0.15) is 0 Å². The molecule has 1 rings (SSSR count). The van der Waals surface area contributed by atoms with Crippen LogP contribution in [0.1, 0.15) is 11.1 Å². The largest absolute Gasteiger partial charge is 0.484 e. The molecule has 0 aliphatic carbocycles. The topological polar surface area (TPSA) is 72.6 Å². The van der Waals surface area contributed by atoms with E-state index < -0.39 is 11.0 Å². The Hall–Kier alpha value is -1.33. The number of ether oxygens (including phenoxy) is 1. The predicted molar refractivity (Wildman–Crippen MR) is 64.8 cm³/mol. The van der Waals surface area contributed by atoms with E-state index in [0.29, 0.717) is 5.56 Å². The van der Waals surface area contributed by atoms with Gasteiger partial charge in [0.2, 0.25) is 0 Å². The second-order valence-electron chi connectivity index (χ2n) is 3.81. The Bertz CT molecular complexity index is 422. The van der Waals surface area contributed by atoms with Crippen LogP contribution >= 0.6 is 11.6 Å². The quantitative estimate of drug-likeness (QED) is 0.500. The van der Waals surface area contributed by atoms with Crippen molar-refractivity contribution in [3.8, 4) is 5.75 Å². The molecule has 1 aromatic rings. The molecular formula is C11H14ClNO4. The molecule has 0 saturated carbocycles. The monoisotopic (exact) mass is 259 g/mol. The fourth-order valence-electron chi connectivity index (χ4n) is 1.48. The van der Waals surface area contributed by atoms with Crippen molar-refractivity contribution in [1.29, 1.82) is 0 Å². The Morgan fingerprint density at radius 3 is 2.71 bits per heavy atom. The number of aryl methyl sites for hydroxylation is 2. The van der Waals surface area contributed by atoms with Gasteiger partial charge < -0.3 is 9.84 Å². The van der Waals surface area contributed by atoms with Crippen molar-refractivity contribution in [1.82, 2.24) is 0 Å². The normalized spacial score (nSPS) is 12.2. The summed E-state index contributed by atoms with van der Waals surface area (Å²) in [7, 11) is 0. The summed E-state index contributed by atoms with van der Waals surface area (Å²) in [6.45, 7) is 3.44. The molecule has 0 fully saturated rings. The number of benzene rings is 1. The van der Waals surface area contributed by atoms with Gasteiger partial charge in [-0.1, -0.05) is 6.07 Å². The van der Waals surface area contributed by atoms with Gasteiger partial charge in [0.15, 0.2) is 5.75 Å². The third-order valence-electron chi connectivity index (χ3n) is 2.19. The summed E-state index contributed by atoms with van der Waals surface area (Å²) in [5, 5.41) is 20.1. The van der Waals surface area contributed by atoms with Crippen molar-refractivity contribution in [2.45, 2.75) is 20.0 Å². The highest BCUT2D eigenvalue weighted by Gasteiger charge is 2.19. The van der Waals surface area contributed by atoms with Crippen molar-refractivity contribution in [3.63, 3.8) is 0 Å². The zero-order valence-corrected chi connectivity index (χ0v) is 10.4. The molecule has 0 aliphatic rings. The molecular weight excluding hydrogens is 246 g/mol. The number of nitrogens with zero attached hydrogens (tertiary/aromatic N) is 1. The molecule has 0 bridgehead atoms. The van der Waals surface area contributed by atoms with E-state index in [1.54, 1.807) is 19.9 Å². The average molecular weight is 260 g/mol. The summed E-state index contributed by atoms with van der Waals surface area (Å²) in [6, 6.07) is 3.23. The van der Waals surface area contributed by atoms with Gasteiger partial charge in [0.25, 0.3) is 0 Å². The lowest BCUT2D eigenvalue weighted by atomic mass is 10.1. The molecule has 1 N–H and O–H groups in total. The fourth-order valence-corrected chi connectivity index (χ4v) is 1.57. The van der Waals surface area contributed by atoms with Crippen LogP contribution in [0.2, 0.25) is 0 Å². The predicted octanol–water partition coefficient (Wildman–Crippen LogP) is 2.19. The van der Waals surface area contributed by atoms with Crippen LogP contribution in [0.15, 0.2) is 12.1 Å². The molecule has 0 heterocycles. The van der Waals surface area contributed by atoms with Crippen LogP contribution in [-0.4, -0.2) is 28.6 Å². The highest BCUT2D eigenvalue weighted by atomic mass is 35.5. The Morgan fingerprint density at radius 2 is 2.18 bits per heavy atom. The van der Waals surface area contributed by atoms with Crippen LogP contribution in [0.4, 0.5) is 5.69 Å². The molecule has 6 heteroatoms. The maximum Gasteiger partial charge on any atom is 0.311 e. The minimum atomic E-state index is -0.836. The lowest BCUT2D eigenvalue weighted by Crippen LogP contribution is -2.19. The Labute approximate surface area is 104 Å². The Balaban J connectivity index is 3.00. The van der Waals surface area contributed by atoms with Crippen LogP contribution < -0.4 is 4.74 Å². The van der Waals surface area contributed by atoms with Crippen LogP contribution in [0.3, 0.4) is 0 Å². The molecule has 1 unspecified atom stereocenters. The van der Waals surface area contributed by atoms with Crippen molar-refractivity contribution < 1.29 is 14.8 Å². The average Bonchev–Trinajstić information content (AvgIpc) is 2.26. The number of rotatable bonds is 5. The van der Waals surface area contributed by atoms with E-state index in [2.05, 4.69) is 0 Å². The van der Waals surface area contributed by atoms with Gasteiger partial charge in [-0.25, -0.2) is 0 Å².